The van der Waals surface area contributed by atoms with Crippen LogP contribution in [0.25, 0.3) is 10.2 Å². The molecule has 0 aliphatic heterocycles. The lowest BCUT2D eigenvalue weighted by Crippen LogP contribution is -2.17. The van der Waals surface area contributed by atoms with Crippen molar-refractivity contribution in [1.29, 1.82) is 0 Å². The fraction of sp³-hybridized carbons (Fsp3) is 0.333. The van der Waals surface area contributed by atoms with Gasteiger partial charge in [0.2, 0.25) is 10.0 Å². The molecule has 0 aliphatic carbocycles. The van der Waals surface area contributed by atoms with Gasteiger partial charge in [-0.05, 0) is 18.6 Å². The maximum absolute atomic E-state index is 11.9. The van der Waals surface area contributed by atoms with Gasteiger partial charge in [-0.15, -0.1) is 0 Å². The Hall–Kier alpha value is -1.67. The molecular formula is C12H14N2O4S2. The van der Waals surface area contributed by atoms with Crippen LogP contribution < -0.4 is 4.72 Å². The normalized spacial score (nSPS) is 11.4. The average Bonchev–Trinajstić information content (AvgIpc) is 2.79. The molecule has 2 rings (SSSR count). The number of ether oxygens (including phenoxy) is 1. The quantitative estimate of drug-likeness (QED) is 0.824. The lowest BCUT2D eigenvalue weighted by Gasteiger charge is -2.04. The number of nitrogens with zero attached hydrogens (tertiary/aromatic N) is 1. The summed E-state index contributed by atoms with van der Waals surface area (Å²) in [5, 5.41) is 0.337. The van der Waals surface area contributed by atoms with Gasteiger partial charge in [0.25, 0.3) is 0 Å². The van der Waals surface area contributed by atoms with E-state index in [0.717, 1.165) is 10.2 Å². The molecule has 1 N–H and O–H groups in total. The standard InChI is InChI=1S/C12H14N2O4S2/c1-18-11(15)7-4-8-20(16,17)14-12-13-9-5-2-3-6-10(9)19-12/h2-3,5-6H,4,7-8H2,1H3,(H,13,14). The number of sulfonamides is 1. The van der Waals surface area contributed by atoms with Crippen LogP contribution in [0.1, 0.15) is 12.8 Å². The number of thiazole rings is 1. The van der Waals surface area contributed by atoms with Gasteiger partial charge in [0.1, 0.15) is 0 Å². The molecule has 0 atom stereocenters. The van der Waals surface area contributed by atoms with E-state index in [1.807, 2.05) is 24.3 Å². The van der Waals surface area contributed by atoms with Gasteiger partial charge in [0.15, 0.2) is 5.13 Å². The highest BCUT2D eigenvalue weighted by molar-refractivity contribution is 7.92. The third kappa shape index (κ3) is 3.91. The Morgan fingerprint density at radius 1 is 1.40 bits per heavy atom. The van der Waals surface area contributed by atoms with Crippen molar-refractivity contribution in [3.8, 4) is 0 Å². The summed E-state index contributed by atoms with van der Waals surface area (Å²) >= 11 is 1.28. The number of aromatic nitrogens is 1. The minimum Gasteiger partial charge on any atom is -0.469 e. The number of nitrogens with one attached hydrogen (secondary N) is 1. The molecule has 0 saturated heterocycles. The van der Waals surface area contributed by atoms with Gasteiger partial charge < -0.3 is 4.74 Å². The Labute approximate surface area is 120 Å². The van der Waals surface area contributed by atoms with Crippen LogP contribution in [0.3, 0.4) is 0 Å². The first-order valence-electron chi connectivity index (χ1n) is 5.93. The maximum Gasteiger partial charge on any atom is 0.305 e. The molecule has 0 spiro atoms. The molecule has 0 aliphatic rings. The van der Waals surface area contributed by atoms with Crippen LogP contribution >= 0.6 is 11.3 Å². The zero-order valence-electron chi connectivity index (χ0n) is 10.8. The van der Waals surface area contributed by atoms with Crippen molar-refractivity contribution in [1.82, 2.24) is 4.98 Å². The molecule has 0 unspecified atom stereocenters. The van der Waals surface area contributed by atoms with E-state index in [0.29, 0.717) is 5.13 Å². The summed E-state index contributed by atoms with van der Waals surface area (Å²) in [5.74, 6) is -0.557. The van der Waals surface area contributed by atoms with Crippen molar-refractivity contribution in [2.45, 2.75) is 12.8 Å². The van der Waals surface area contributed by atoms with Crippen LogP contribution in [0.15, 0.2) is 24.3 Å². The Morgan fingerprint density at radius 2 is 2.15 bits per heavy atom. The first-order chi connectivity index (χ1) is 9.50. The van der Waals surface area contributed by atoms with Crippen molar-refractivity contribution < 1.29 is 17.9 Å². The van der Waals surface area contributed by atoms with Crippen LogP contribution in [0, 0.1) is 0 Å². The summed E-state index contributed by atoms with van der Waals surface area (Å²) in [5.41, 5.74) is 0.754. The maximum atomic E-state index is 11.9. The molecule has 0 amide bonds. The first kappa shape index (κ1) is 14.7. The highest BCUT2D eigenvalue weighted by Gasteiger charge is 2.14. The summed E-state index contributed by atoms with van der Waals surface area (Å²) in [6.07, 6.45) is 0.296. The third-order valence-corrected chi connectivity index (χ3v) is 4.97. The molecule has 8 heteroatoms. The van der Waals surface area contributed by atoms with Crippen molar-refractivity contribution in [2.24, 2.45) is 0 Å². The second-order valence-electron chi connectivity index (χ2n) is 4.09. The molecule has 0 radical (unpaired) electrons. The molecule has 2 aromatic rings. The van der Waals surface area contributed by atoms with E-state index in [1.165, 1.54) is 18.4 Å². The first-order valence-corrected chi connectivity index (χ1v) is 8.40. The lowest BCUT2D eigenvalue weighted by atomic mass is 10.3. The molecule has 6 nitrogen and oxygen atoms in total. The van der Waals surface area contributed by atoms with Crippen molar-refractivity contribution in [3.63, 3.8) is 0 Å². The van der Waals surface area contributed by atoms with E-state index >= 15 is 0 Å². The van der Waals surface area contributed by atoms with Crippen LogP contribution in [0.4, 0.5) is 5.13 Å². The van der Waals surface area contributed by atoms with Crippen LogP contribution in [0.5, 0.6) is 0 Å². The van der Waals surface area contributed by atoms with Crippen LogP contribution in [-0.2, 0) is 19.6 Å². The number of carbonyl (C=O) groups is 1. The van der Waals surface area contributed by atoms with Gasteiger partial charge in [-0.2, -0.15) is 0 Å². The fourth-order valence-corrected chi connectivity index (χ4v) is 3.81. The molecular weight excluding hydrogens is 300 g/mol. The molecule has 0 saturated carbocycles. The summed E-state index contributed by atoms with van der Waals surface area (Å²) in [4.78, 5) is 15.1. The second-order valence-corrected chi connectivity index (χ2v) is 6.96. The van der Waals surface area contributed by atoms with E-state index < -0.39 is 16.0 Å². The van der Waals surface area contributed by atoms with Gasteiger partial charge >= 0.3 is 5.97 Å². The SMILES string of the molecule is COC(=O)CCCS(=O)(=O)Nc1nc2ccccc2s1. The zero-order chi connectivity index (χ0) is 14.6. The molecule has 1 aromatic heterocycles. The van der Waals surface area contributed by atoms with E-state index in [4.69, 9.17) is 0 Å². The Balaban J connectivity index is 1.99. The zero-order valence-corrected chi connectivity index (χ0v) is 12.5. The minimum absolute atomic E-state index is 0.0806. The monoisotopic (exact) mass is 314 g/mol. The van der Waals surface area contributed by atoms with E-state index in [1.54, 1.807) is 0 Å². The van der Waals surface area contributed by atoms with Crippen molar-refractivity contribution in [3.05, 3.63) is 24.3 Å². The number of para-hydroxylation sites is 1. The van der Waals surface area contributed by atoms with Gasteiger partial charge in [-0.1, -0.05) is 23.5 Å². The average molecular weight is 314 g/mol. The molecule has 1 heterocycles. The van der Waals surface area contributed by atoms with Crippen molar-refractivity contribution in [2.75, 3.05) is 17.6 Å². The number of carbonyl (C=O) groups excluding carboxylic acids is 1. The Bertz CT molecular complexity index is 676. The lowest BCUT2D eigenvalue weighted by molar-refractivity contribution is -0.140. The number of hydrogen-bond donors (Lipinski definition) is 1. The predicted octanol–water partition coefficient (Wildman–Crippen LogP) is 1.99. The van der Waals surface area contributed by atoms with E-state index in [9.17, 15) is 13.2 Å². The van der Waals surface area contributed by atoms with Crippen molar-refractivity contribution >= 4 is 42.7 Å². The Morgan fingerprint density at radius 3 is 2.85 bits per heavy atom. The smallest absolute Gasteiger partial charge is 0.305 e. The summed E-state index contributed by atoms with van der Waals surface area (Å²) in [7, 11) is -2.22. The molecule has 1 aromatic carbocycles. The summed E-state index contributed by atoms with van der Waals surface area (Å²) in [6, 6.07) is 7.41. The molecule has 20 heavy (non-hydrogen) atoms. The van der Waals surface area contributed by atoms with Gasteiger partial charge in [-0.25, -0.2) is 13.4 Å². The molecule has 0 fully saturated rings. The molecule has 0 bridgehead atoms. The summed E-state index contributed by atoms with van der Waals surface area (Å²) in [6.45, 7) is 0. The molecule has 108 valence electrons. The van der Waals surface area contributed by atoms with Crippen LogP contribution in [0.2, 0.25) is 0 Å². The number of methoxy groups -OCH3 is 1. The van der Waals surface area contributed by atoms with E-state index in [2.05, 4.69) is 14.4 Å². The van der Waals surface area contributed by atoms with E-state index in [-0.39, 0.29) is 18.6 Å². The number of anilines is 1. The van der Waals surface area contributed by atoms with Gasteiger partial charge in [0, 0.05) is 6.42 Å². The fourth-order valence-electron chi connectivity index (χ4n) is 1.61. The highest BCUT2D eigenvalue weighted by atomic mass is 32.2. The van der Waals surface area contributed by atoms with Gasteiger partial charge in [0.05, 0.1) is 23.1 Å². The number of rotatable bonds is 6. The number of hydrogen-bond acceptors (Lipinski definition) is 6. The predicted molar refractivity (Wildman–Crippen MR) is 78.3 cm³/mol. The largest absolute Gasteiger partial charge is 0.469 e. The number of benzene rings is 1. The van der Waals surface area contributed by atoms with Crippen LogP contribution in [-0.4, -0.2) is 32.2 Å². The highest BCUT2D eigenvalue weighted by Crippen LogP contribution is 2.26. The van der Waals surface area contributed by atoms with Gasteiger partial charge in [-0.3, -0.25) is 9.52 Å². The summed E-state index contributed by atoms with van der Waals surface area (Å²) < 4.78 is 31.5. The third-order valence-electron chi connectivity index (χ3n) is 2.56. The number of fused-ring (bicyclic) bond motifs is 1. The Kier molecular flexibility index (Phi) is 4.56. The topological polar surface area (TPSA) is 85.4 Å². The number of esters is 1. The minimum atomic E-state index is -3.50. The second kappa shape index (κ2) is 6.19.